The van der Waals surface area contributed by atoms with Crippen molar-refractivity contribution in [3.63, 3.8) is 0 Å². The monoisotopic (exact) mass is 394 g/mol. The number of hydrogen-bond acceptors (Lipinski definition) is 3. The Labute approximate surface area is 171 Å². The average molecular weight is 394 g/mol. The Bertz CT molecular complexity index is 1000. The van der Waals surface area contributed by atoms with E-state index in [0.29, 0.717) is 22.6 Å². The number of allylic oxidation sites excluding steroid dienone is 2. The lowest BCUT2D eigenvalue weighted by Crippen LogP contribution is -2.52. The summed E-state index contributed by atoms with van der Waals surface area (Å²) in [5.74, 6) is 0.279. The zero-order valence-electron chi connectivity index (χ0n) is 17.6. The van der Waals surface area contributed by atoms with E-state index in [1.54, 1.807) is 36.2 Å². The molecular weight excluding hydrogens is 367 g/mol. The van der Waals surface area contributed by atoms with E-state index in [9.17, 15) is 9.18 Å². The topological polar surface area (TPSA) is 41.6 Å². The summed E-state index contributed by atoms with van der Waals surface area (Å²) in [5.41, 5.74) is 3.68. The molecule has 152 valence electrons. The van der Waals surface area contributed by atoms with Gasteiger partial charge in [0.25, 0.3) is 5.91 Å². The molecule has 1 heterocycles. The Morgan fingerprint density at radius 1 is 1.21 bits per heavy atom. The fraction of sp³-hybridized carbons (Fsp3) is 0.292. The second kappa shape index (κ2) is 7.74. The average Bonchev–Trinajstić information content (AvgIpc) is 2.66. The first kappa shape index (κ1) is 20.6. The molecule has 0 radical (unpaired) electrons. The fourth-order valence-corrected chi connectivity index (χ4v) is 3.67. The standard InChI is InChI=1S/C24H27FN2O2/c1-7-21(15(2)3)29-14-18-16(17-10-8-9-11-19(17)25)12-13-20-22(18)27(6)23(28)24(4,5)26-20/h7-13,26H,1,14H2,2-6H3. The normalized spacial score (nSPS) is 14.7. The van der Waals surface area contributed by atoms with Crippen molar-refractivity contribution in [3.8, 4) is 11.1 Å². The maximum atomic E-state index is 14.6. The third kappa shape index (κ3) is 3.77. The van der Waals surface area contributed by atoms with Crippen LogP contribution in [0.15, 0.2) is 60.4 Å². The molecule has 0 fully saturated rings. The molecule has 1 amide bonds. The summed E-state index contributed by atoms with van der Waals surface area (Å²) in [6, 6.07) is 10.4. The lowest BCUT2D eigenvalue weighted by Gasteiger charge is -2.39. The fourth-order valence-electron chi connectivity index (χ4n) is 3.67. The van der Waals surface area contributed by atoms with Gasteiger partial charge < -0.3 is 15.0 Å². The number of benzene rings is 2. The quantitative estimate of drug-likeness (QED) is 0.526. The first-order chi connectivity index (χ1) is 13.7. The number of carbonyl (C=O) groups excluding carboxylic acids is 1. The van der Waals surface area contributed by atoms with E-state index in [0.717, 1.165) is 16.8 Å². The Kier molecular flexibility index (Phi) is 5.51. The predicted molar refractivity (Wildman–Crippen MR) is 116 cm³/mol. The summed E-state index contributed by atoms with van der Waals surface area (Å²) in [7, 11) is 1.74. The van der Waals surface area contributed by atoms with E-state index in [1.807, 2.05) is 39.8 Å². The Morgan fingerprint density at radius 2 is 1.90 bits per heavy atom. The highest BCUT2D eigenvalue weighted by molar-refractivity contribution is 6.08. The SMILES string of the molecule is C=CC(OCc1c(-c2ccccc2F)ccc2c1N(C)C(=O)C(C)(C)N2)=C(C)C. The van der Waals surface area contributed by atoms with Gasteiger partial charge in [-0.25, -0.2) is 4.39 Å². The molecule has 29 heavy (non-hydrogen) atoms. The Balaban J connectivity index is 2.21. The van der Waals surface area contributed by atoms with Gasteiger partial charge in [0.15, 0.2) is 0 Å². The molecule has 0 atom stereocenters. The summed E-state index contributed by atoms with van der Waals surface area (Å²) >= 11 is 0. The highest BCUT2D eigenvalue weighted by Gasteiger charge is 2.38. The number of nitrogens with one attached hydrogen (secondary N) is 1. The molecule has 3 rings (SSSR count). The molecule has 0 aromatic heterocycles. The van der Waals surface area contributed by atoms with Crippen LogP contribution >= 0.6 is 0 Å². The van der Waals surface area contributed by atoms with Crippen molar-refractivity contribution in [2.24, 2.45) is 0 Å². The number of ether oxygens (including phenoxy) is 1. The van der Waals surface area contributed by atoms with Crippen LogP contribution in [0.25, 0.3) is 11.1 Å². The van der Waals surface area contributed by atoms with Gasteiger partial charge in [-0.2, -0.15) is 0 Å². The zero-order chi connectivity index (χ0) is 21.3. The number of carbonyl (C=O) groups is 1. The van der Waals surface area contributed by atoms with Gasteiger partial charge in [-0.1, -0.05) is 30.8 Å². The Hall–Kier alpha value is -3.08. The second-order valence-electron chi connectivity index (χ2n) is 7.94. The van der Waals surface area contributed by atoms with Crippen molar-refractivity contribution in [2.45, 2.75) is 39.8 Å². The number of likely N-dealkylation sites (N-methyl/N-ethyl adjacent to an activating group) is 1. The van der Waals surface area contributed by atoms with Crippen molar-refractivity contribution in [1.82, 2.24) is 0 Å². The summed E-state index contributed by atoms with van der Waals surface area (Å²) < 4.78 is 20.6. The van der Waals surface area contributed by atoms with Crippen LogP contribution in [0.4, 0.5) is 15.8 Å². The Morgan fingerprint density at radius 3 is 2.52 bits per heavy atom. The van der Waals surface area contributed by atoms with E-state index < -0.39 is 5.54 Å². The number of halogens is 1. The van der Waals surface area contributed by atoms with Crippen molar-refractivity contribution >= 4 is 17.3 Å². The maximum absolute atomic E-state index is 14.6. The van der Waals surface area contributed by atoms with Crippen molar-refractivity contribution in [1.29, 1.82) is 0 Å². The number of amides is 1. The summed E-state index contributed by atoms with van der Waals surface area (Å²) in [4.78, 5) is 14.5. The van der Waals surface area contributed by atoms with Crippen molar-refractivity contribution < 1.29 is 13.9 Å². The second-order valence-corrected chi connectivity index (χ2v) is 7.94. The largest absolute Gasteiger partial charge is 0.489 e. The van der Waals surface area contributed by atoms with Crippen LogP contribution in [0.5, 0.6) is 0 Å². The molecule has 0 spiro atoms. The van der Waals surface area contributed by atoms with Crippen molar-refractivity contribution in [3.05, 3.63) is 71.8 Å². The van der Waals surface area contributed by atoms with E-state index in [2.05, 4.69) is 11.9 Å². The molecule has 0 bridgehead atoms. The van der Waals surface area contributed by atoms with Gasteiger partial charge in [0.05, 0.1) is 11.4 Å². The van der Waals surface area contributed by atoms with Gasteiger partial charge in [0.1, 0.15) is 23.7 Å². The predicted octanol–water partition coefficient (Wildman–Crippen LogP) is 5.66. The minimum Gasteiger partial charge on any atom is -0.489 e. The van der Waals surface area contributed by atoms with Crippen LogP contribution in [0.2, 0.25) is 0 Å². The molecule has 5 heteroatoms. The molecule has 0 saturated heterocycles. The lowest BCUT2D eigenvalue weighted by molar-refractivity contribution is -0.121. The molecule has 1 aliphatic rings. The molecule has 0 unspecified atom stereocenters. The third-order valence-electron chi connectivity index (χ3n) is 5.12. The van der Waals surface area contributed by atoms with E-state index in [1.165, 1.54) is 6.07 Å². The molecule has 0 saturated carbocycles. The number of hydrogen-bond donors (Lipinski definition) is 1. The van der Waals surface area contributed by atoms with E-state index in [-0.39, 0.29) is 18.3 Å². The van der Waals surface area contributed by atoms with Crippen molar-refractivity contribution in [2.75, 3.05) is 17.3 Å². The summed E-state index contributed by atoms with van der Waals surface area (Å²) in [5, 5.41) is 3.30. The number of rotatable bonds is 5. The lowest BCUT2D eigenvalue weighted by atomic mass is 9.92. The highest BCUT2D eigenvalue weighted by atomic mass is 19.1. The molecule has 1 N–H and O–H groups in total. The van der Waals surface area contributed by atoms with Crippen LogP contribution in [-0.4, -0.2) is 18.5 Å². The van der Waals surface area contributed by atoms with Crippen LogP contribution in [0.3, 0.4) is 0 Å². The van der Waals surface area contributed by atoms with Crippen LogP contribution in [-0.2, 0) is 16.1 Å². The number of fused-ring (bicyclic) bond motifs is 1. The molecule has 0 aliphatic carbocycles. The molecule has 1 aliphatic heterocycles. The first-order valence-electron chi connectivity index (χ1n) is 9.57. The van der Waals surface area contributed by atoms with Gasteiger partial charge in [-0.15, -0.1) is 0 Å². The number of nitrogens with zero attached hydrogens (tertiary/aromatic N) is 1. The minimum absolute atomic E-state index is 0.0666. The zero-order valence-corrected chi connectivity index (χ0v) is 17.6. The third-order valence-corrected chi connectivity index (χ3v) is 5.12. The van der Waals surface area contributed by atoms with Crippen LogP contribution in [0.1, 0.15) is 33.3 Å². The number of anilines is 2. The highest BCUT2D eigenvalue weighted by Crippen LogP contribution is 2.43. The van der Waals surface area contributed by atoms with Gasteiger partial charge in [-0.05, 0) is 57.0 Å². The minimum atomic E-state index is -0.731. The molecule has 2 aromatic rings. The molecular formula is C24H27FN2O2. The smallest absolute Gasteiger partial charge is 0.251 e. The van der Waals surface area contributed by atoms with Crippen LogP contribution < -0.4 is 10.2 Å². The summed E-state index contributed by atoms with van der Waals surface area (Å²) in [6.45, 7) is 11.5. The van der Waals surface area contributed by atoms with Gasteiger partial charge in [-0.3, -0.25) is 4.79 Å². The van der Waals surface area contributed by atoms with E-state index >= 15 is 0 Å². The summed E-state index contributed by atoms with van der Waals surface area (Å²) in [6.07, 6.45) is 1.66. The molecule has 2 aromatic carbocycles. The first-order valence-corrected chi connectivity index (χ1v) is 9.57. The van der Waals surface area contributed by atoms with Gasteiger partial charge in [0, 0.05) is 18.2 Å². The van der Waals surface area contributed by atoms with Gasteiger partial charge in [0.2, 0.25) is 0 Å². The molecule has 4 nitrogen and oxygen atoms in total. The maximum Gasteiger partial charge on any atom is 0.251 e. The van der Waals surface area contributed by atoms with Gasteiger partial charge >= 0.3 is 0 Å². The van der Waals surface area contributed by atoms with Crippen LogP contribution in [0, 0.1) is 5.82 Å². The van der Waals surface area contributed by atoms with E-state index in [4.69, 9.17) is 4.74 Å².